The minimum absolute atomic E-state index is 0.00507. The summed E-state index contributed by atoms with van der Waals surface area (Å²) in [5, 5.41) is 3.68. The molecule has 3 aromatic carbocycles. The lowest BCUT2D eigenvalue weighted by Crippen LogP contribution is -2.54. The number of benzene rings is 3. The number of carbonyl (C=O) groups excluding carboxylic acids is 2. The fraction of sp³-hybridized carbons (Fsp3) is 0.310. The molecular weight excluding hydrogens is 557 g/mol. The van der Waals surface area contributed by atoms with E-state index < -0.39 is 34.1 Å². The Morgan fingerprint density at radius 3 is 2.13 bits per heavy atom. The largest absolute Gasteiger partial charge is 0.350 e. The molecule has 0 saturated heterocycles. The van der Waals surface area contributed by atoms with Crippen LogP contribution in [0.3, 0.4) is 0 Å². The Morgan fingerprint density at radius 1 is 0.923 bits per heavy atom. The zero-order valence-electron chi connectivity index (χ0n) is 22.6. The van der Waals surface area contributed by atoms with Gasteiger partial charge in [-0.15, -0.1) is 0 Å². The van der Waals surface area contributed by atoms with Crippen LogP contribution in [0.4, 0.5) is 5.69 Å². The fourth-order valence-corrected chi connectivity index (χ4v) is 5.65. The molecule has 0 spiro atoms. The van der Waals surface area contributed by atoms with Gasteiger partial charge in [0.2, 0.25) is 11.8 Å². The highest BCUT2D eigenvalue weighted by molar-refractivity contribution is 7.92. The summed E-state index contributed by atoms with van der Waals surface area (Å²) in [5.41, 5.74) is 1.08. The van der Waals surface area contributed by atoms with Crippen LogP contribution in [-0.4, -0.2) is 43.3 Å². The Balaban J connectivity index is 2.06. The average molecular weight is 591 g/mol. The van der Waals surface area contributed by atoms with Crippen LogP contribution in [0.15, 0.2) is 77.7 Å². The minimum Gasteiger partial charge on any atom is -0.350 e. The van der Waals surface area contributed by atoms with Gasteiger partial charge >= 0.3 is 0 Å². The molecule has 1 N–H and O–H groups in total. The lowest BCUT2D eigenvalue weighted by molar-refractivity contribution is -0.140. The number of halogens is 2. The van der Waals surface area contributed by atoms with Crippen molar-refractivity contribution in [3.8, 4) is 0 Å². The molecule has 10 heteroatoms. The van der Waals surface area contributed by atoms with Gasteiger partial charge in [0.15, 0.2) is 0 Å². The van der Waals surface area contributed by atoms with Gasteiger partial charge in [-0.05, 0) is 76.1 Å². The molecule has 0 bridgehead atoms. The third-order valence-corrected chi connectivity index (χ3v) is 8.58. The van der Waals surface area contributed by atoms with Gasteiger partial charge < -0.3 is 10.2 Å². The molecule has 0 unspecified atom stereocenters. The molecular formula is C29H33Cl2N3O4S. The molecule has 3 rings (SSSR count). The van der Waals surface area contributed by atoms with Gasteiger partial charge in [-0.2, -0.15) is 0 Å². The molecule has 7 nitrogen and oxygen atoms in total. The summed E-state index contributed by atoms with van der Waals surface area (Å²) >= 11 is 12.7. The van der Waals surface area contributed by atoms with E-state index in [4.69, 9.17) is 23.2 Å². The number of carbonyl (C=O) groups is 2. The lowest BCUT2D eigenvalue weighted by Gasteiger charge is -2.33. The van der Waals surface area contributed by atoms with Crippen molar-refractivity contribution in [2.24, 2.45) is 0 Å². The molecule has 0 heterocycles. The Morgan fingerprint density at radius 2 is 1.54 bits per heavy atom. The first kappa shape index (κ1) is 30.5. The van der Waals surface area contributed by atoms with Gasteiger partial charge in [0.1, 0.15) is 12.6 Å². The number of hydrogen-bond donors (Lipinski definition) is 1. The van der Waals surface area contributed by atoms with Crippen molar-refractivity contribution in [1.29, 1.82) is 0 Å². The number of hydrogen-bond acceptors (Lipinski definition) is 4. The summed E-state index contributed by atoms with van der Waals surface area (Å²) in [4.78, 5) is 28.5. The van der Waals surface area contributed by atoms with E-state index in [0.29, 0.717) is 15.6 Å². The predicted molar refractivity (Wildman–Crippen MR) is 157 cm³/mol. The smallest absolute Gasteiger partial charge is 0.264 e. The number of nitrogens with one attached hydrogen (secondary N) is 1. The van der Waals surface area contributed by atoms with Crippen molar-refractivity contribution >= 4 is 50.7 Å². The first-order chi connectivity index (χ1) is 18.2. The minimum atomic E-state index is -4.17. The average Bonchev–Trinajstić information content (AvgIpc) is 2.87. The van der Waals surface area contributed by atoms with Crippen LogP contribution in [-0.2, 0) is 26.2 Å². The van der Waals surface area contributed by atoms with Crippen molar-refractivity contribution in [2.75, 3.05) is 10.8 Å². The normalized spacial score (nSPS) is 12.5. The summed E-state index contributed by atoms with van der Waals surface area (Å²) in [7, 11) is -4.17. The van der Waals surface area contributed by atoms with Crippen LogP contribution in [0.25, 0.3) is 0 Å². The first-order valence-corrected chi connectivity index (χ1v) is 14.6. The number of rotatable bonds is 9. The van der Waals surface area contributed by atoms with E-state index in [1.54, 1.807) is 68.4 Å². The van der Waals surface area contributed by atoms with Crippen LogP contribution in [0.2, 0.25) is 10.0 Å². The second-order valence-corrected chi connectivity index (χ2v) is 13.0. The molecule has 0 aliphatic heterocycles. The van der Waals surface area contributed by atoms with E-state index in [2.05, 4.69) is 5.32 Å². The molecule has 0 radical (unpaired) electrons. The third-order valence-electron chi connectivity index (χ3n) is 6.02. The molecule has 0 aromatic heterocycles. The van der Waals surface area contributed by atoms with E-state index in [-0.39, 0.29) is 23.0 Å². The molecule has 1 atom stereocenters. The van der Waals surface area contributed by atoms with Gasteiger partial charge in [-0.3, -0.25) is 13.9 Å². The van der Waals surface area contributed by atoms with Crippen molar-refractivity contribution in [3.05, 3.63) is 94.0 Å². The quantitative estimate of drug-likeness (QED) is 0.340. The fourth-order valence-electron chi connectivity index (χ4n) is 3.85. The second kappa shape index (κ2) is 12.4. The Bertz CT molecular complexity index is 1440. The number of anilines is 1. The van der Waals surface area contributed by atoms with Crippen LogP contribution in [0, 0.1) is 6.92 Å². The second-order valence-electron chi connectivity index (χ2n) is 10.3. The van der Waals surface area contributed by atoms with Gasteiger partial charge in [0.25, 0.3) is 10.0 Å². The zero-order chi connectivity index (χ0) is 29.0. The van der Waals surface area contributed by atoms with Crippen LogP contribution < -0.4 is 9.62 Å². The van der Waals surface area contributed by atoms with E-state index in [9.17, 15) is 18.0 Å². The first-order valence-electron chi connectivity index (χ1n) is 12.4. The number of aryl methyl sites for hydroxylation is 1. The maximum Gasteiger partial charge on any atom is 0.264 e. The molecule has 0 fully saturated rings. The summed E-state index contributed by atoms with van der Waals surface area (Å²) in [6.45, 7) is 8.37. The van der Waals surface area contributed by atoms with E-state index in [0.717, 1.165) is 9.87 Å². The Kier molecular flexibility index (Phi) is 9.69. The van der Waals surface area contributed by atoms with E-state index in [1.807, 2.05) is 20.8 Å². The van der Waals surface area contributed by atoms with E-state index in [1.165, 1.54) is 23.1 Å². The SMILES string of the molecule is Cc1ccc(N(CC(=O)N(Cc2ccccc2Cl)[C@H](C)C(=O)NC(C)(C)C)S(=O)(=O)c2ccccc2)cc1Cl. The van der Waals surface area contributed by atoms with Crippen LogP contribution >= 0.6 is 23.2 Å². The monoisotopic (exact) mass is 589 g/mol. The predicted octanol–water partition coefficient (Wildman–Crippen LogP) is 5.83. The van der Waals surface area contributed by atoms with Crippen molar-refractivity contribution < 1.29 is 18.0 Å². The molecule has 0 aliphatic rings. The summed E-state index contributed by atoms with van der Waals surface area (Å²) < 4.78 is 28.6. The standard InChI is InChI=1S/C29H33Cl2N3O4S/c1-20-15-16-23(17-26(20)31)34(39(37,38)24-12-7-6-8-13-24)19-27(35)33(18-22-11-9-10-14-25(22)30)21(2)28(36)32-29(3,4)5/h6-17,21H,18-19H2,1-5H3,(H,32,36)/t21-/m1/s1. The maximum absolute atomic E-state index is 13.9. The van der Waals surface area contributed by atoms with E-state index >= 15 is 0 Å². The molecule has 39 heavy (non-hydrogen) atoms. The number of sulfonamides is 1. The van der Waals surface area contributed by atoms with Gasteiger partial charge in [-0.25, -0.2) is 8.42 Å². The molecule has 208 valence electrons. The number of amides is 2. The lowest BCUT2D eigenvalue weighted by atomic mass is 10.1. The summed E-state index contributed by atoms with van der Waals surface area (Å²) in [6.07, 6.45) is 0. The highest BCUT2D eigenvalue weighted by Gasteiger charge is 2.33. The molecule has 3 aromatic rings. The highest BCUT2D eigenvalue weighted by Crippen LogP contribution is 2.29. The van der Waals surface area contributed by atoms with Gasteiger partial charge in [0, 0.05) is 22.1 Å². The molecule has 2 amide bonds. The van der Waals surface area contributed by atoms with Gasteiger partial charge in [0.05, 0.1) is 10.6 Å². The van der Waals surface area contributed by atoms with Crippen LogP contribution in [0.5, 0.6) is 0 Å². The van der Waals surface area contributed by atoms with Crippen LogP contribution in [0.1, 0.15) is 38.8 Å². The third kappa shape index (κ3) is 7.75. The zero-order valence-corrected chi connectivity index (χ0v) is 24.9. The molecule has 0 saturated carbocycles. The summed E-state index contributed by atoms with van der Waals surface area (Å²) in [6, 6.07) is 18.7. The highest BCUT2D eigenvalue weighted by atomic mass is 35.5. The van der Waals surface area contributed by atoms with Crippen molar-refractivity contribution in [1.82, 2.24) is 10.2 Å². The molecule has 0 aliphatic carbocycles. The maximum atomic E-state index is 13.9. The Hall–Kier alpha value is -3.07. The Labute approximate surface area is 240 Å². The van der Waals surface area contributed by atoms with Crippen molar-refractivity contribution in [2.45, 2.75) is 57.6 Å². The summed E-state index contributed by atoms with van der Waals surface area (Å²) in [5.74, 6) is -0.957. The topological polar surface area (TPSA) is 86.8 Å². The number of nitrogens with zero attached hydrogens (tertiary/aromatic N) is 2. The van der Waals surface area contributed by atoms with Crippen molar-refractivity contribution in [3.63, 3.8) is 0 Å². The van der Waals surface area contributed by atoms with Gasteiger partial charge in [-0.1, -0.05) is 65.7 Å².